The van der Waals surface area contributed by atoms with Gasteiger partial charge in [-0.15, -0.1) is 0 Å². The average molecular weight is 289 g/mol. The van der Waals surface area contributed by atoms with Crippen LogP contribution >= 0.6 is 0 Å². The number of rotatable bonds is 8. The minimum absolute atomic E-state index is 0.0405. The highest BCUT2D eigenvalue weighted by Gasteiger charge is 2.28. The molecule has 0 fully saturated rings. The molecule has 0 rings (SSSR count). The molecule has 0 saturated heterocycles. The van der Waals surface area contributed by atoms with Crippen LogP contribution in [0.3, 0.4) is 0 Å². The van der Waals surface area contributed by atoms with Gasteiger partial charge in [0.05, 0.1) is 19.8 Å². The number of carbonyl (C=O) groups is 3. The topological polar surface area (TPSA) is 113 Å². The van der Waals surface area contributed by atoms with Gasteiger partial charge in [0.15, 0.2) is 17.6 Å². The van der Waals surface area contributed by atoms with Gasteiger partial charge >= 0.3 is 6.09 Å². The number of ether oxygens (including phenoxy) is 2. The first-order valence-corrected chi connectivity index (χ1v) is 5.94. The highest BCUT2D eigenvalue weighted by atomic mass is 16.6. The number of aliphatic hydroxyl groups excluding tert-OH is 2. The summed E-state index contributed by atoms with van der Waals surface area (Å²) in [4.78, 5) is 34.7. The Morgan fingerprint density at radius 2 is 1.90 bits per heavy atom. The highest BCUT2D eigenvalue weighted by Crippen LogP contribution is 2.02. The van der Waals surface area contributed by atoms with E-state index in [0.717, 1.165) is 0 Å². The van der Waals surface area contributed by atoms with Crippen molar-refractivity contribution < 1.29 is 34.1 Å². The SMILES string of the molecule is C=C(OCCN(C(=O)OCC)C(=O)C(O)CO)C(C)=O. The van der Waals surface area contributed by atoms with Crippen molar-refractivity contribution in [2.75, 3.05) is 26.4 Å². The number of hydrogen-bond donors (Lipinski definition) is 2. The van der Waals surface area contributed by atoms with Gasteiger partial charge in [-0.3, -0.25) is 9.59 Å². The second kappa shape index (κ2) is 9.05. The third-order valence-corrected chi connectivity index (χ3v) is 2.20. The van der Waals surface area contributed by atoms with Crippen molar-refractivity contribution in [2.45, 2.75) is 20.0 Å². The third-order valence-electron chi connectivity index (χ3n) is 2.20. The quantitative estimate of drug-likeness (QED) is 0.455. The smallest absolute Gasteiger partial charge is 0.416 e. The molecule has 1 atom stereocenters. The average Bonchev–Trinajstić information content (AvgIpc) is 2.41. The summed E-state index contributed by atoms with van der Waals surface area (Å²) in [5, 5.41) is 18.0. The van der Waals surface area contributed by atoms with E-state index in [4.69, 9.17) is 9.84 Å². The monoisotopic (exact) mass is 289 g/mol. The molecule has 1 unspecified atom stereocenters. The normalized spacial score (nSPS) is 11.4. The van der Waals surface area contributed by atoms with Crippen LogP contribution in [0, 0.1) is 0 Å². The van der Waals surface area contributed by atoms with E-state index < -0.39 is 24.7 Å². The van der Waals surface area contributed by atoms with E-state index >= 15 is 0 Å². The van der Waals surface area contributed by atoms with E-state index in [1.807, 2.05) is 0 Å². The number of carbonyl (C=O) groups excluding carboxylic acids is 3. The molecule has 0 aromatic heterocycles. The van der Waals surface area contributed by atoms with Crippen LogP contribution in [0.15, 0.2) is 12.3 Å². The summed E-state index contributed by atoms with van der Waals surface area (Å²) in [7, 11) is 0. The van der Waals surface area contributed by atoms with Crippen molar-refractivity contribution in [3.63, 3.8) is 0 Å². The fraction of sp³-hybridized carbons (Fsp3) is 0.583. The molecule has 0 radical (unpaired) electrons. The lowest BCUT2D eigenvalue weighted by Gasteiger charge is -2.22. The summed E-state index contributed by atoms with van der Waals surface area (Å²) in [5.41, 5.74) is 0. The lowest BCUT2D eigenvalue weighted by molar-refractivity contribution is -0.140. The summed E-state index contributed by atoms with van der Waals surface area (Å²) >= 11 is 0. The molecular weight excluding hydrogens is 270 g/mol. The van der Waals surface area contributed by atoms with E-state index in [2.05, 4.69) is 11.3 Å². The lowest BCUT2D eigenvalue weighted by atomic mass is 10.3. The number of nitrogens with zero attached hydrogens (tertiary/aromatic N) is 1. The Morgan fingerprint density at radius 1 is 1.30 bits per heavy atom. The second-order valence-corrected chi connectivity index (χ2v) is 3.71. The van der Waals surface area contributed by atoms with Crippen LogP contribution in [0.1, 0.15) is 13.8 Å². The molecule has 0 aliphatic heterocycles. The molecule has 20 heavy (non-hydrogen) atoms. The number of ketones is 1. The second-order valence-electron chi connectivity index (χ2n) is 3.71. The Bertz CT molecular complexity index is 380. The highest BCUT2D eigenvalue weighted by molar-refractivity contribution is 5.94. The molecule has 0 heterocycles. The standard InChI is InChI=1S/C12H19NO7/c1-4-19-12(18)13(11(17)10(16)7-14)5-6-20-9(3)8(2)15/h10,14,16H,3-7H2,1-2H3. The first-order chi connectivity index (χ1) is 9.34. The summed E-state index contributed by atoms with van der Waals surface area (Å²) < 4.78 is 9.59. The summed E-state index contributed by atoms with van der Waals surface area (Å²) in [6.45, 7) is 4.94. The van der Waals surface area contributed by atoms with Crippen LogP contribution in [-0.4, -0.2) is 65.4 Å². The third kappa shape index (κ3) is 5.81. The predicted molar refractivity (Wildman–Crippen MR) is 67.6 cm³/mol. The molecule has 114 valence electrons. The summed E-state index contributed by atoms with van der Waals surface area (Å²) in [5.74, 6) is -1.50. The van der Waals surface area contributed by atoms with Gasteiger partial charge in [0, 0.05) is 6.92 Å². The number of Topliss-reactive ketones (excluding diaryl/α,β-unsaturated/α-hetero) is 1. The Balaban J connectivity index is 4.62. The Hall–Kier alpha value is -1.93. The molecule has 2 N–H and O–H groups in total. The van der Waals surface area contributed by atoms with E-state index in [9.17, 15) is 19.5 Å². The van der Waals surface area contributed by atoms with E-state index in [1.54, 1.807) is 6.92 Å². The van der Waals surface area contributed by atoms with E-state index in [1.165, 1.54) is 6.92 Å². The van der Waals surface area contributed by atoms with Gasteiger partial charge in [-0.2, -0.15) is 0 Å². The Kier molecular flexibility index (Phi) is 8.18. The van der Waals surface area contributed by atoms with Crippen LogP contribution < -0.4 is 0 Å². The summed E-state index contributed by atoms with van der Waals surface area (Å²) in [6, 6.07) is 0. The minimum atomic E-state index is -1.73. The maximum atomic E-state index is 11.7. The first kappa shape index (κ1) is 18.1. The molecule has 0 spiro atoms. The number of amides is 2. The Morgan fingerprint density at radius 3 is 2.35 bits per heavy atom. The van der Waals surface area contributed by atoms with Crippen molar-refractivity contribution in [2.24, 2.45) is 0 Å². The first-order valence-electron chi connectivity index (χ1n) is 5.94. The molecule has 0 saturated carbocycles. The van der Waals surface area contributed by atoms with Gasteiger partial charge in [0.2, 0.25) is 0 Å². The maximum absolute atomic E-state index is 11.7. The molecule has 0 aliphatic rings. The summed E-state index contributed by atoms with van der Waals surface area (Å²) in [6.07, 6.45) is -2.70. The molecule has 2 amide bonds. The van der Waals surface area contributed by atoms with Gasteiger partial charge in [-0.1, -0.05) is 6.58 Å². The van der Waals surface area contributed by atoms with E-state index in [-0.39, 0.29) is 31.3 Å². The molecule has 0 aromatic carbocycles. The van der Waals surface area contributed by atoms with Crippen LogP contribution in [-0.2, 0) is 19.1 Å². The van der Waals surface area contributed by atoms with Gasteiger partial charge in [-0.05, 0) is 6.92 Å². The fourth-order valence-electron chi connectivity index (χ4n) is 1.11. The lowest BCUT2D eigenvalue weighted by Crippen LogP contribution is -2.46. The zero-order valence-electron chi connectivity index (χ0n) is 11.5. The van der Waals surface area contributed by atoms with Crippen LogP contribution in [0.2, 0.25) is 0 Å². The minimum Gasteiger partial charge on any atom is -0.489 e. The number of aliphatic hydroxyl groups is 2. The van der Waals surface area contributed by atoms with Crippen molar-refractivity contribution in [3.8, 4) is 0 Å². The molecular formula is C12H19NO7. The number of imide groups is 1. The predicted octanol–water partition coefficient (Wildman–Crippen LogP) is -0.556. The van der Waals surface area contributed by atoms with Gasteiger partial charge < -0.3 is 19.7 Å². The maximum Gasteiger partial charge on any atom is 0.416 e. The molecule has 8 nitrogen and oxygen atoms in total. The zero-order chi connectivity index (χ0) is 15.7. The van der Waals surface area contributed by atoms with Crippen molar-refractivity contribution >= 4 is 17.8 Å². The number of hydrogen-bond acceptors (Lipinski definition) is 7. The molecule has 0 bridgehead atoms. The van der Waals surface area contributed by atoms with Crippen LogP contribution in [0.4, 0.5) is 4.79 Å². The zero-order valence-corrected chi connectivity index (χ0v) is 11.5. The molecule has 0 aliphatic carbocycles. The van der Waals surface area contributed by atoms with Crippen molar-refractivity contribution in [1.82, 2.24) is 4.90 Å². The largest absolute Gasteiger partial charge is 0.489 e. The van der Waals surface area contributed by atoms with E-state index in [0.29, 0.717) is 4.90 Å². The van der Waals surface area contributed by atoms with Crippen molar-refractivity contribution in [1.29, 1.82) is 0 Å². The van der Waals surface area contributed by atoms with Crippen LogP contribution in [0.25, 0.3) is 0 Å². The fourth-order valence-corrected chi connectivity index (χ4v) is 1.11. The van der Waals surface area contributed by atoms with Gasteiger partial charge in [-0.25, -0.2) is 9.69 Å². The Labute approximate surface area is 116 Å². The number of allylic oxidation sites excluding steroid dienone is 1. The van der Waals surface area contributed by atoms with Crippen molar-refractivity contribution in [3.05, 3.63) is 12.3 Å². The van der Waals surface area contributed by atoms with Crippen LogP contribution in [0.5, 0.6) is 0 Å². The van der Waals surface area contributed by atoms with Gasteiger partial charge in [0.1, 0.15) is 6.61 Å². The van der Waals surface area contributed by atoms with Gasteiger partial charge in [0.25, 0.3) is 5.91 Å². The molecule has 8 heteroatoms. The molecule has 0 aromatic rings.